The van der Waals surface area contributed by atoms with Crippen molar-refractivity contribution in [1.29, 1.82) is 0 Å². The number of para-hydroxylation sites is 1. The van der Waals surface area contributed by atoms with Crippen LogP contribution in [0.3, 0.4) is 0 Å². The van der Waals surface area contributed by atoms with Crippen molar-refractivity contribution in [3.8, 4) is 11.5 Å². The first-order valence-corrected chi connectivity index (χ1v) is 8.87. The number of imide groups is 1. The van der Waals surface area contributed by atoms with E-state index >= 15 is 0 Å². The number of carbonyl (C=O) groups is 2. The van der Waals surface area contributed by atoms with Gasteiger partial charge in [0.15, 0.2) is 4.32 Å². The highest BCUT2D eigenvalue weighted by atomic mass is 32.2. The first kappa shape index (κ1) is 18.2. The molecule has 1 saturated heterocycles. The summed E-state index contributed by atoms with van der Waals surface area (Å²) >= 11 is 6.35. The summed E-state index contributed by atoms with van der Waals surface area (Å²) in [5, 5.41) is 0. The smallest absolute Gasteiger partial charge is 0.273 e. The third kappa shape index (κ3) is 3.49. The maximum atomic E-state index is 12.8. The summed E-state index contributed by atoms with van der Waals surface area (Å²) in [6, 6.07) is 14.0. The van der Waals surface area contributed by atoms with E-state index in [4.69, 9.17) is 21.7 Å². The summed E-state index contributed by atoms with van der Waals surface area (Å²) in [5.41, 5.74) is 1.07. The number of carbonyl (C=O) groups excluding carboxylic acids is 2. The maximum absolute atomic E-state index is 12.8. The van der Waals surface area contributed by atoms with E-state index in [0.29, 0.717) is 16.4 Å². The fraction of sp³-hybridized carbons (Fsp3) is 0.105. The van der Waals surface area contributed by atoms with Crippen molar-refractivity contribution in [2.24, 2.45) is 0 Å². The first-order valence-electron chi connectivity index (χ1n) is 7.64. The van der Waals surface area contributed by atoms with Gasteiger partial charge in [0.25, 0.3) is 11.8 Å². The normalized spacial score (nSPS) is 15.5. The van der Waals surface area contributed by atoms with Gasteiger partial charge in [-0.1, -0.05) is 48.2 Å². The molecule has 0 N–H and O–H groups in total. The Kier molecular flexibility index (Phi) is 5.39. The summed E-state index contributed by atoms with van der Waals surface area (Å²) in [6.45, 7) is 0. The highest BCUT2D eigenvalue weighted by molar-refractivity contribution is 8.26. The number of methoxy groups -OCH3 is 2. The Morgan fingerprint density at radius 2 is 1.88 bits per heavy atom. The lowest BCUT2D eigenvalue weighted by Gasteiger charge is -2.14. The van der Waals surface area contributed by atoms with Crippen molar-refractivity contribution in [2.45, 2.75) is 0 Å². The zero-order valence-corrected chi connectivity index (χ0v) is 15.7. The van der Waals surface area contributed by atoms with E-state index in [2.05, 4.69) is 0 Å². The number of hydrogen-bond donors (Lipinski definition) is 0. The molecule has 132 valence electrons. The van der Waals surface area contributed by atoms with Crippen LogP contribution in [0.1, 0.15) is 15.9 Å². The van der Waals surface area contributed by atoms with E-state index in [9.17, 15) is 9.59 Å². The van der Waals surface area contributed by atoms with Crippen LogP contribution in [0.2, 0.25) is 0 Å². The second-order valence-electron chi connectivity index (χ2n) is 5.30. The summed E-state index contributed by atoms with van der Waals surface area (Å²) in [4.78, 5) is 27.0. The maximum Gasteiger partial charge on any atom is 0.273 e. The Bertz CT molecular complexity index is 923. The van der Waals surface area contributed by atoms with Gasteiger partial charge in [-0.3, -0.25) is 9.59 Å². The molecule has 0 spiro atoms. The molecule has 1 fully saturated rings. The molecule has 1 aliphatic heterocycles. The summed E-state index contributed by atoms with van der Waals surface area (Å²) < 4.78 is 10.6. The minimum Gasteiger partial charge on any atom is -0.497 e. The quantitative estimate of drug-likeness (QED) is 0.454. The van der Waals surface area contributed by atoms with Gasteiger partial charge < -0.3 is 9.47 Å². The van der Waals surface area contributed by atoms with E-state index < -0.39 is 11.8 Å². The lowest BCUT2D eigenvalue weighted by Crippen LogP contribution is -2.34. The van der Waals surface area contributed by atoms with Crippen LogP contribution in [-0.2, 0) is 4.79 Å². The molecular weight excluding hydrogens is 370 g/mol. The van der Waals surface area contributed by atoms with Gasteiger partial charge >= 0.3 is 0 Å². The molecule has 0 aliphatic carbocycles. The van der Waals surface area contributed by atoms with E-state index in [-0.39, 0.29) is 9.88 Å². The van der Waals surface area contributed by atoms with Crippen molar-refractivity contribution >= 4 is 46.2 Å². The lowest BCUT2D eigenvalue weighted by molar-refractivity contribution is -0.120. The van der Waals surface area contributed by atoms with Crippen LogP contribution in [-0.4, -0.2) is 35.3 Å². The molecule has 2 aromatic rings. The van der Waals surface area contributed by atoms with Gasteiger partial charge in [0.2, 0.25) is 0 Å². The molecule has 1 heterocycles. The van der Waals surface area contributed by atoms with Gasteiger partial charge in [0.05, 0.1) is 24.7 Å². The zero-order valence-electron chi connectivity index (χ0n) is 14.1. The van der Waals surface area contributed by atoms with Crippen LogP contribution in [0.15, 0.2) is 53.4 Å². The van der Waals surface area contributed by atoms with Crippen molar-refractivity contribution in [3.05, 3.63) is 64.6 Å². The van der Waals surface area contributed by atoms with Crippen LogP contribution in [0, 0.1) is 0 Å². The van der Waals surface area contributed by atoms with Crippen LogP contribution in [0.4, 0.5) is 0 Å². The molecule has 0 atom stereocenters. The van der Waals surface area contributed by atoms with Crippen LogP contribution in [0.5, 0.6) is 11.5 Å². The molecule has 2 aromatic carbocycles. The minimum absolute atomic E-state index is 0.194. The third-order valence-electron chi connectivity index (χ3n) is 3.73. The Labute approximate surface area is 160 Å². The zero-order chi connectivity index (χ0) is 18.7. The molecule has 2 amide bonds. The van der Waals surface area contributed by atoms with Gasteiger partial charge in [-0.15, -0.1) is 0 Å². The molecule has 0 bridgehead atoms. The van der Waals surface area contributed by atoms with E-state index in [1.807, 2.05) is 18.2 Å². The van der Waals surface area contributed by atoms with Crippen LogP contribution >= 0.6 is 24.0 Å². The highest BCUT2D eigenvalue weighted by Gasteiger charge is 2.38. The summed E-state index contributed by atoms with van der Waals surface area (Å²) in [6.07, 6.45) is 1.69. The SMILES string of the molecule is COc1cccc(/C=C2\SC(=S)N(C(=O)c3ccccc3OC)C2=O)c1. The Hall–Kier alpha value is -2.64. The van der Waals surface area contributed by atoms with Gasteiger partial charge in [0, 0.05) is 0 Å². The number of benzene rings is 2. The number of amides is 2. The van der Waals surface area contributed by atoms with Crippen molar-refractivity contribution in [3.63, 3.8) is 0 Å². The molecule has 26 heavy (non-hydrogen) atoms. The molecule has 3 rings (SSSR count). The van der Waals surface area contributed by atoms with E-state index in [1.54, 1.807) is 43.5 Å². The monoisotopic (exact) mass is 385 g/mol. The number of hydrogen-bond acceptors (Lipinski definition) is 6. The predicted molar refractivity (Wildman–Crippen MR) is 105 cm³/mol. The Balaban J connectivity index is 1.91. The number of thioether (sulfide) groups is 1. The molecule has 0 aromatic heterocycles. The average Bonchev–Trinajstić information content (AvgIpc) is 2.94. The minimum atomic E-state index is -0.501. The standard InChI is InChI=1S/C19H15NO4S2/c1-23-13-7-5-6-12(10-13)11-16-18(22)20(19(25)26-16)17(21)14-8-3-4-9-15(14)24-2/h3-11H,1-2H3/b16-11-. The van der Waals surface area contributed by atoms with Crippen LogP contribution in [0.25, 0.3) is 6.08 Å². The van der Waals surface area contributed by atoms with Gasteiger partial charge in [0.1, 0.15) is 11.5 Å². The highest BCUT2D eigenvalue weighted by Crippen LogP contribution is 2.35. The van der Waals surface area contributed by atoms with Gasteiger partial charge in [-0.05, 0) is 35.9 Å². The van der Waals surface area contributed by atoms with Crippen molar-refractivity contribution in [1.82, 2.24) is 4.90 Å². The first-order chi connectivity index (χ1) is 12.5. The third-order valence-corrected chi connectivity index (χ3v) is 5.03. The number of ether oxygens (including phenoxy) is 2. The van der Waals surface area contributed by atoms with E-state index in [0.717, 1.165) is 22.2 Å². The molecular formula is C19H15NO4S2. The number of rotatable bonds is 4. The lowest BCUT2D eigenvalue weighted by atomic mass is 10.1. The molecule has 0 unspecified atom stereocenters. The van der Waals surface area contributed by atoms with Gasteiger partial charge in [-0.2, -0.15) is 0 Å². The van der Waals surface area contributed by atoms with Crippen molar-refractivity contribution < 1.29 is 19.1 Å². The van der Waals surface area contributed by atoms with Crippen LogP contribution < -0.4 is 9.47 Å². The second kappa shape index (κ2) is 7.72. The topological polar surface area (TPSA) is 55.8 Å². The van der Waals surface area contributed by atoms with Gasteiger partial charge in [-0.25, -0.2) is 4.90 Å². The second-order valence-corrected chi connectivity index (χ2v) is 6.97. The molecule has 0 saturated carbocycles. The van der Waals surface area contributed by atoms with Crippen molar-refractivity contribution in [2.75, 3.05) is 14.2 Å². The largest absolute Gasteiger partial charge is 0.497 e. The summed E-state index contributed by atoms with van der Waals surface area (Å²) in [5.74, 6) is 0.125. The molecule has 7 heteroatoms. The fourth-order valence-electron chi connectivity index (χ4n) is 2.47. The molecule has 5 nitrogen and oxygen atoms in total. The molecule has 0 radical (unpaired) electrons. The number of nitrogens with zero attached hydrogens (tertiary/aromatic N) is 1. The predicted octanol–water partition coefficient (Wildman–Crippen LogP) is 3.75. The average molecular weight is 385 g/mol. The fourth-order valence-corrected chi connectivity index (χ4v) is 3.72. The van der Waals surface area contributed by atoms with E-state index in [1.165, 1.54) is 7.11 Å². The number of thiocarbonyl (C=S) groups is 1. The molecule has 1 aliphatic rings. The summed E-state index contributed by atoms with van der Waals surface area (Å²) in [7, 11) is 3.05. The Morgan fingerprint density at radius 3 is 2.62 bits per heavy atom. The Morgan fingerprint density at radius 1 is 1.12 bits per heavy atom.